The summed E-state index contributed by atoms with van der Waals surface area (Å²) in [5.74, 6) is -0.0962. The Morgan fingerprint density at radius 2 is 1.67 bits per heavy atom. The second-order valence-electron chi connectivity index (χ2n) is 4.98. The van der Waals surface area contributed by atoms with Gasteiger partial charge < -0.3 is 14.8 Å². The van der Waals surface area contributed by atoms with Crippen molar-refractivity contribution in [1.29, 1.82) is 0 Å². The molecule has 0 saturated heterocycles. The summed E-state index contributed by atoms with van der Waals surface area (Å²) < 4.78 is 11.3. The van der Waals surface area contributed by atoms with Gasteiger partial charge in [-0.25, -0.2) is 0 Å². The van der Waals surface area contributed by atoms with Gasteiger partial charge in [0.25, 0.3) is 0 Å². The first-order valence-electron chi connectivity index (χ1n) is 6.57. The molecule has 0 fully saturated rings. The summed E-state index contributed by atoms with van der Waals surface area (Å²) in [7, 11) is 0. The van der Waals surface area contributed by atoms with Crippen LogP contribution < -0.4 is 5.32 Å². The standard InChI is InChI=1S/C14H27NO3/c1-10(2)14(16)15-9-7-8-13(17-11(3)4)18-12(5)6/h11-13H,1,7-9H2,2-6H3,(H,15,16). The highest BCUT2D eigenvalue weighted by atomic mass is 16.7. The molecule has 0 aromatic rings. The van der Waals surface area contributed by atoms with Crippen molar-refractivity contribution in [2.45, 2.75) is 66.0 Å². The van der Waals surface area contributed by atoms with Gasteiger partial charge >= 0.3 is 0 Å². The van der Waals surface area contributed by atoms with E-state index in [0.29, 0.717) is 12.1 Å². The molecule has 0 rings (SSSR count). The third-order valence-electron chi connectivity index (χ3n) is 2.14. The van der Waals surface area contributed by atoms with Crippen molar-refractivity contribution in [1.82, 2.24) is 5.32 Å². The van der Waals surface area contributed by atoms with Crippen molar-refractivity contribution in [3.05, 3.63) is 12.2 Å². The molecule has 0 spiro atoms. The molecule has 0 aromatic carbocycles. The fourth-order valence-corrected chi connectivity index (χ4v) is 1.40. The number of hydrogen-bond acceptors (Lipinski definition) is 3. The van der Waals surface area contributed by atoms with E-state index >= 15 is 0 Å². The fourth-order valence-electron chi connectivity index (χ4n) is 1.40. The molecule has 106 valence electrons. The minimum atomic E-state index is -0.202. The van der Waals surface area contributed by atoms with E-state index in [1.54, 1.807) is 6.92 Å². The molecule has 0 heterocycles. The maximum atomic E-state index is 11.3. The van der Waals surface area contributed by atoms with E-state index in [0.717, 1.165) is 12.8 Å². The lowest BCUT2D eigenvalue weighted by atomic mass is 10.2. The quantitative estimate of drug-likeness (QED) is 0.392. The minimum Gasteiger partial charge on any atom is -0.352 e. The number of carbonyl (C=O) groups is 1. The second-order valence-corrected chi connectivity index (χ2v) is 4.98. The van der Waals surface area contributed by atoms with Gasteiger partial charge in [0.1, 0.15) is 0 Å². The minimum absolute atomic E-state index is 0.0962. The number of hydrogen-bond donors (Lipinski definition) is 1. The lowest BCUT2D eigenvalue weighted by Crippen LogP contribution is -2.28. The van der Waals surface area contributed by atoms with Crippen LogP contribution in [0.2, 0.25) is 0 Å². The Balaban J connectivity index is 3.88. The van der Waals surface area contributed by atoms with Crippen LogP contribution in [0.4, 0.5) is 0 Å². The zero-order valence-electron chi connectivity index (χ0n) is 12.3. The van der Waals surface area contributed by atoms with Crippen molar-refractivity contribution in [2.24, 2.45) is 0 Å². The van der Waals surface area contributed by atoms with Crippen LogP contribution in [0.3, 0.4) is 0 Å². The number of amides is 1. The van der Waals surface area contributed by atoms with Crippen molar-refractivity contribution >= 4 is 5.91 Å². The zero-order chi connectivity index (χ0) is 14.1. The zero-order valence-corrected chi connectivity index (χ0v) is 12.3. The summed E-state index contributed by atoms with van der Waals surface area (Å²) in [5.41, 5.74) is 0.531. The van der Waals surface area contributed by atoms with Crippen LogP contribution in [-0.2, 0) is 14.3 Å². The van der Waals surface area contributed by atoms with Crippen LogP contribution in [-0.4, -0.2) is 30.9 Å². The van der Waals surface area contributed by atoms with Crippen molar-refractivity contribution < 1.29 is 14.3 Å². The molecule has 0 aliphatic rings. The molecule has 0 unspecified atom stereocenters. The third kappa shape index (κ3) is 9.19. The smallest absolute Gasteiger partial charge is 0.246 e. The lowest BCUT2D eigenvalue weighted by molar-refractivity contribution is -0.184. The van der Waals surface area contributed by atoms with Crippen LogP contribution in [0, 0.1) is 0 Å². The van der Waals surface area contributed by atoms with E-state index in [1.807, 2.05) is 27.7 Å². The van der Waals surface area contributed by atoms with Crippen molar-refractivity contribution in [3.63, 3.8) is 0 Å². The molecule has 4 heteroatoms. The van der Waals surface area contributed by atoms with Gasteiger partial charge in [-0.3, -0.25) is 4.79 Å². The second kappa shape index (κ2) is 9.11. The number of rotatable bonds is 9. The summed E-state index contributed by atoms with van der Waals surface area (Å²) in [6, 6.07) is 0. The summed E-state index contributed by atoms with van der Waals surface area (Å²) in [4.78, 5) is 11.3. The molecule has 18 heavy (non-hydrogen) atoms. The topological polar surface area (TPSA) is 47.6 Å². The molecule has 0 atom stereocenters. The summed E-state index contributed by atoms with van der Waals surface area (Å²) in [6.07, 6.45) is 1.67. The highest BCUT2D eigenvalue weighted by molar-refractivity contribution is 5.91. The van der Waals surface area contributed by atoms with Gasteiger partial charge in [0.05, 0.1) is 12.2 Å². The Morgan fingerprint density at radius 1 is 1.17 bits per heavy atom. The molecule has 0 aliphatic carbocycles. The first kappa shape index (κ1) is 17.1. The van der Waals surface area contributed by atoms with Crippen LogP contribution in [0.5, 0.6) is 0 Å². The van der Waals surface area contributed by atoms with Gasteiger partial charge in [0.15, 0.2) is 6.29 Å². The summed E-state index contributed by atoms with van der Waals surface area (Å²) >= 11 is 0. The Labute approximate surface area is 111 Å². The highest BCUT2D eigenvalue weighted by Gasteiger charge is 2.13. The highest BCUT2D eigenvalue weighted by Crippen LogP contribution is 2.09. The lowest BCUT2D eigenvalue weighted by Gasteiger charge is -2.23. The van der Waals surface area contributed by atoms with Crippen LogP contribution in [0.1, 0.15) is 47.5 Å². The monoisotopic (exact) mass is 257 g/mol. The van der Waals surface area contributed by atoms with Gasteiger partial charge in [-0.15, -0.1) is 0 Å². The maximum Gasteiger partial charge on any atom is 0.246 e. The molecule has 0 bridgehead atoms. The first-order chi connectivity index (χ1) is 8.32. The molecule has 4 nitrogen and oxygen atoms in total. The maximum absolute atomic E-state index is 11.3. The van der Waals surface area contributed by atoms with Crippen LogP contribution in [0.25, 0.3) is 0 Å². The van der Waals surface area contributed by atoms with Gasteiger partial charge in [0, 0.05) is 18.5 Å². The number of carbonyl (C=O) groups excluding carboxylic acids is 1. The summed E-state index contributed by atoms with van der Waals surface area (Å²) in [6.45, 7) is 13.8. The van der Waals surface area contributed by atoms with Crippen molar-refractivity contribution in [2.75, 3.05) is 6.54 Å². The van der Waals surface area contributed by atoms with Crippen LogP contribution in [0.15, 0.2) is 12.2 Å². The number of ether oxygens (including phenoxy) is 2. The molecule has 1 N–H and O–H groups in total. The fraction of sp³-hybridized carbons (Fsp3) is 0.786. The van der Waals surface area contributed by atoms with E-state index in [9.17, 15) is 4.79 Å². The van der Waals surface area contributed by atoms with Gasteiger partial charge in [-0.1, -0.05) is 6.58 Å². The molecule has 0 aromatic heterocycles. The van der Waals surface area contributed by atoms with E-state index in [4.69, 9.17) is 9.47 Å². The average molecular weight is 257 g/mol. The third-order valence-corrected chi connectivity index (χ3v) is 2.14. The Kier molecular flexibility index (Phi) is 8.67. The Hall–Kier alpha value is -0.870. The predicted octanol–water partition coefficient (Wildman–Crippen LogP) is 2.64. The first-order valence-corrected chi connectivity index (χ1v) is 6.57. The average Bonchev–Trinajstić information content (AvgIpc) is 2.21. The van der Waals surface area contributed by atoms with Gasteiger partial charge in [-0.05, 0) is 41.0 Å². The molecule has 0 saturated carbocycles. The SMILES string of the molecule is C=C(C)C(=O)NCCCC(OC(C)C)OC(C)C. The van der Waals surface area contributed by atoms with Gasteiger partial charge in [-0.2, -0.15) is 0 Å². The Bertz CT molecular complexity index is 252. The van der Waals surface area contributed by atoms with E-state index < -0.39 is 0 Å². The van der Waals surface area contributed by atoms with E-state index in [1.165, 1.54) is 0 Å². The normalized spacial score (nSPS) is 11.3. The van der Waals surface area contributed by atoms with E-state index in [-0.39, 0.29) is 24.4 Å². The number of nitrogens with one attached hydrogen (secondary N) is 1. The van der Waals surface area contributed by atoms with E-state index in [2.05, 4.69) is 11.9 Å². The molecular formula is C14H27NO3. The molecular weight excluding hydrogens is 230 g/mol. The Morgan fingerprint density at radius 3 is 2.06 bits per heavy atom. The predicted molar refractivity (Wildman–Crippen MR) is 73.3 cm³/mol. The van der Waals surface area contributed by atoms with Gasteiger partial charge in [0.2, 0.25) is 5.91 Å². The van der Waals surface area contributed by atoms with Crippen LogP contribution >= 0.6 is 0 Å². The summed E-state index contributed by atoms with van der Waals surface area (Å²) in [5, 5.41) is 2.79. The molecule has 0 radical (unpaired) electrons. The largest absolute Gasteiger partial charge is 0.352 e. The van der Waals surface area contributed by atoms with Crippen molar-refractivity contribution in [3.8, 4) is 0 Å². The molecule has 1 amide bonds. The molecule has 0 aliphatic heterocycles.